The number of carbonyl (C=O) groups excluding carboxylic acids is 1. The predicted molar refractivity (Wildman–Crippen MR) is 84.0 cm³/mol. The minimum atomic E-state index is -0.416. The zero-order valence-electron chi connectivity index (χ0n) is 11.0. The fraction of sp³-hybridized carbons (Fsp3) is 0.0625. The molecule has 1 N–H and O–H groups in total. The van der Waals surface area contributed by atoms with Crippen molar-refractivity contribution in [1.82, 2.24) is 9.55 Å². The molecule has 2 aromatic carbocycles. The Hall–Kier alpha value is -2.53. The summed E-state index contributed by atoms with van der Waals surface area (Å²) in [6.07, 6.45) is 0. The molecule has 4 nitrogen and oxygen atoms in total. The second-order valence-corrected chi connectivity index (χ2v) is 5.29. The van der Waals surface area contributed by atoms with E-state index in [4.69, 9.17) is 12.2 Å². The quantitative estimate of drug-likeness (QED) is 0.697. The standard InChI is InChI=1S/C16H11N3OS/c20-15-13(10-6-2-1-3-7-10)18-14-11-8-4-5-9-12(11)17-16(21)19(14)15/h1-9,13,18H. The highest BCUT2D eigenvalue weighted by atomic mass is 32.1. The van der Waals surface area contributed by atoms with Crippen LogP contribution in [0.1, 0.15) is 16.4 Å². The first-order valence-electron chi connectivity index (χ1n) is 6.63. The van der Waals surface area contributed by atoms with Gasteiger partial charge in [-0.15, -0.1) is 0 Å². The first-order chi connectivity index (χ1) is 10.3. The minimum absolute atomic E-state index is 0.0838. The maximum Gasteiger partial charge on any atom is 0.261 e. The zero-order valence-corrected chi connectivity index (χ0v) is 11.8. The van der Waals surface area contributed by atoms with E-state index in [2.05, 4.69) is 10.3 Å². The van der Waals surface area contributed by atoms with Crippen LogP contribution in [0.25, 0.3) is 10.9 Å². The molecule has 102 valence electrons. The Morgan fingerprint density at radius 2 is 1.76 bits per heavy atom. The number of nitrogens with zero attached hydrogens (tertiary/aromatic N) is 2. The molecule has 0 fully saturated rings. The summed E-state index contributed by atoms with van der Waals surface area (Å²) >= 11 is 5.28. The highest BCUT2D eigenvalue weighted by Crippen LogP contribution is 2.33. The van der Waals surface area contributed by atoms with Crippen LogP contribution in [0.3, 0.4) is 0 Å². The molecule has 1 aliphatic rings. The van der Waals surface area contributed by atoms with Gasteiger partial charge in [0.05, 0.1) is 5.52 Å². The van der Waals surface area contributed by atoms with Crippen molar-refractivity contribution >= 4 is 34.8 Å². The van der Waals surface area contributed by atoms with Gasteiger partial charge in [-0.2, -0.15) is 0 Å². The smallest absolute Gasteiger partial charge is 0.261 e. The Bertz CT molecular complexity index is 918. The van der Waals surface area contributed by atoms with Gasteiger partial charge in [-0.1, -0.05) is 42.5 Å². The average Bonchev–Trinajstić information content (AvgIpc) is 2.87. The Morgan fingerprint density at radius 1 is 1.05 bits per heavy atom. The number of anilines is 1. The van der Waals surface area contributed by atoms with Gasteiger partial charge in [0.1, 0.15) is 11.9 Å². The lowest BCUT2D eigenvalue weighted by atomic mass is 10.1. The second-order valence-electron chi connectivity index (χ2n) is 4.92. The van der Waals surface area contributed by atoms with Gasteiger partial charge in [0.25, 0.3) is 5.91 Å². The van der Waals surface area contributed by atoms with Gasteiger partial charge in [-0.25, -0.2) is 9.55 Å². The average molecular weight is 293 g/mol. The summed E-state index contributed by atoms with van der Waals surface area (Å²) in [5, 5.41) is 4.19. The molecule has 0 saturated heterocycles. The molecular formula is C16H11N3OS. The van der Waals surface area contributed by atoms with E-state index < -0.39 is 6.04 Å². The summed E-state index contributed by atoms with van der Waals surface area (Å²) in [4.78, 5) is 17.0. The van der Waals surface area contributed by atoms with Crippen LogP contribution in [-0.4, -0.2) is 15.5 Å². The van der Waals surface area contributed by atoms with Gasteiger partial charge in [-0.3, -0.25) is 4.79 Å². The Balaban J connectivity index is 1.95. The van der Waals surface area contributed by atoms with Crippen molar-refractivity contribution in [1.29, 1.82) is 0 Å². The molecule has 1 aromatic heterocycles. The van der Waals surface area contributed by atoms with Crippen molar-refractivity contribution in [3.63, 3.8) is 0 Å². The van der Waals surface area contributed by atoms with Crippen molar-refractivity contribution in [2.45, 2.75) is 6.04 Å². The summed E-state index contributed by atoms with van der Waals surface area (Å²) in [7, 11) is 0. The van der Waals surface area contributed by atoms with Crippen LogP contribution in [-0.2, 0) is 0 Å². The van der Waals surface area contributed by atoms with Crippen LogP contribution in [0.15, 0.2) is 54.6 Å². The lowest BCUT2D eigenvalue weighted by Gasteiger charge is -2.08. The second kappa shape index (κ2) is 4.49. The molecule has 1 aliphatic heterocycles. The molecule has 1 unspecified atom stereocenters. The number of fused-ring (bicyclic) bond motifs is 3. The maximum absolute atomic E-state index is 12.7. The predicted octanol–water partition coefficient (Wildman–Crippen LogP) is 3.57. The molecule has 3 aromatic rings. The van der Waals surface area contributed by atoms with E-state index in [1.807, 2.05) is 54.6 Å². The summed E-state index contributed by atoms with van der Waals surface area (Å²) < 4.78 is 1.79. The van der Waals surface area contributed by atoms with Crippen molar-refractivity contribution in [2.24, 2.45) is 0 Å². The largest absolute Gasteiger partial charge is 0.355 e. The molecule has 1 atom stereocenters. The lowest BCUT2D eigenvalue weighted by Crippen LogP contribution is -2.16. The summed E-state index contributed by atoms with van der Waals surface area (Å²) in [6.45, 7) is 0. The molecule has 0 radical (unpaired) electrons. The SMILES string of the molecule is O=C1C(c2ccccc2)Nc2c3ccccc3nc(=S)n21. The number of carbonyl (C=O) groups is 1. The van der Waals surface area contributed by atoms with Crippen LogP contribution in [0, 0.1) is 4.77 Å². The van der Waals surface area contributed by atoms with Crippen LogP contribution in [0.4, 0.5) is 5.82 Å². The third kappa shape index (κ3) is 1.78. The monoisotopic (exact) mass is 293 g/mol. The van der Waals surface area contributed by atoms with E-state index in [9.17, 15) is 4.79 Å². The molecule has 0 spiro atoms. The van der Waals surface area contributed by atoms with Gasteiger partial charge >= 0.3 is 0 Å². The first-order valence-corrected chi connectivity index (χ1v) is 7.04. The molecule has 5 heteroatoms. The number of benzene rings is 2. The Morgan fingerprint density at radius 3 is 2.57 bits per heavy atom. The van der Waals surface area contributed by atoms with Crippen LogP contribution in [0.2, 0.25) is 0 Å². The summed E-state index contributed by atoms with van der Waals surface area (Å²) in [6, 6.07) is 16.9. The first kappa shape index (κ1) is 12.2. The minimum Gasteiger partial charge on any atom is -0.355 e. The van der Waals surface area contributed by atoms with E-state index in [1.165, 1.54) is 4.57 Å². The van der Waals surface area contributed by atoms with Gasteiger partial charge in [0, 0.05) is 5.39 Å². The van der Waals surface area contributed by atoms with E-state index in [-0.39, 0.29) is 5.91 Å². The number of aromatic nitrogens is 2. The van der Waals surface area contributed by atoms with Crippen molar-refractivity contribution < 1.29 is 4.79 Å². The Labute approximate surface area is 126 Å². The highest BCUT2D eigenvalue weighted by Gasteiger charge is 2.32. The summed E-state index contributed by atoms with van der Waals surface area (Å²) in [5.41, 5.74) is 1.72. The van der Waals surface area contributed by atoms with E-state index in [0.29, 0.717) is 4.77 Å². The van der Waals surface area contributed by atoms with Gasteiger partial charge < -0.3 is 5.32 Å². The maximum atomic E-state index is 12.7. The van der Waals surface area contributed by atoms with E-state index >= 15 is 0 Å². The van der Waals surface area contributed by atoms with Crippen LogP contribution in [0.5, 0.6) is 0 Å². The van der Waals surface area contributed by atoms with E-state index in [1.54, 1.807) is 0 Å². The van der Waals surface area contributed by atoms with Gasteiger partial charge in [0.15, 0.2) is 0 Å². The lowest BCUT2D eigenvalue weighted by molar-refractivity contribution is 0.0905. The zero-order chi connectivity index (χ0) is 14.4. The number of nitrogens with one attached hydrogen (secondary N) is 1. The highest BCUT2D eigenvalue weighted by molar-refractivity contribution is 7.71. The van der Waals surface area contributed by atoms with Crippen molar-refractivity contribution in [3.05, 3.63) is 64.9 Å². The van der Waals surface area contributed by atoms with Crippen LogP contribution < -0.4 is 5.32 Å². The summed E-state index contributed by atoms with van der Waals surface area (Å²) in [5.74, 6) is 0.643. The molecular weight excluding hydrogens is 282 g/mol. The molecule has 0 aliphatic carbocycles. The number of para-hydroxylation sites is 1. The van der Waals surface area contributed by atoms with Crippen molar-refractivity contribution in [3.8, 4) is 0 Å². The molecule has 4 rings (SSSR count). The molecule has 21 heavy (non-hydrogen) atoms. The van der Waals surface area contributed by atoms with Gasteiger partial charge in [0.2, 0.25) is 4.77 Å². The molecule has 0 amide bonds. The Kier molecular flexibility index (Phi) is 2.62. The fourth-order valence-electron chi connectivity index (χ4n) is 2.69. The topological polar surface area (TPSA) is 46.9 Å². The fourth-order valence-corrected chi connectivity index (χ4v) is 2.97. The molecule has 0 bridgehead atoms. The number of hydrogen-bond donors (Lipinski definition) is 1. The number of hydrogen-bond acceptors (Lipinski definition) is 4. The van der Waals surface area contributed by atoms with Crippen molar-refractivity contribution in [2.75, 3.05) is 5.32 Å². The van der Waals surface area contributed by atoms with Crippen LogP contribution >= 0.6 is 12.2 Å². The molecule has 2 heterocycles. The third-order valence-electron chi connectivity index (χ3n) is 3.67. The number of rotatable bonds is 1. The molecule has 0 saturated carbocycles. The van der Waals surface area contributed by atoms with Gasteiger partial charge in [-0.05, 0) is 29.9 Å². The normalized spacial score (nSPS) is 16.8. The third-order valence-corrected chi connectivity index (χ3v) is 3.95. The van der Waals surface area contributed by atoms with E-state index in [0.717, 1.165) is 22.3 Å².